The SMILES string of the molecule is NCC(=O)N[C@H]1CCC(=O)N(CC(=O)NO)C1=O. The van der Waals surface area contributed by atoms with Crippen LogP contribution in [0.5, 0.6) is 0 Å². The van der Waals surface area contributed by atoms with Crippen molar-refractivity contribution in [2.75, 3.05) is 13.1 Å². The largest absolute Gasteiger partial charge is 0.343 e. The summed E-state index contributed by atoms with van der Waals surface area (Å²) in [5.41, 5.74) is 6.43. The minimum absolute atomic E-state index is 0.0277. The molecule has 0 aromatic heterocycles. The van der Waals surface area contributed by atoms with Gasteiger partial charge in [0.05, 0.1) is 6.54 Å². The highest BCUT2D eigenvalue weighted by atomic mass is 16.5. The molecule has 0 saturated carbocycles. The van der Waals surface area contributed by atoms with Crippen molar-refractivity contribution in [1.29, 1.82) is 0 Å². The van der Waals surface area contributed by atoms with Gasteiger partial charge in [0.2, 0.25) is 11.8 Å². The van der Waals surface area contributed by atoms with Crippen LogP contribution in [0.25, 0.3) is 0 Å². The molecular weight excluding hydrogens is 244 g/mol. The number of carbonyl (C=O) groups is 4. The molecule has 0 aliphatic carbocycles. The Bertz CT molecular complexity index is 383. The van der Waals surface area contributed by atoms with Gasteiger partial charge in [-0.15, -0.1) is 0 Å². The van der Waals surface area contributed by atoms with E-state index < -0.39 is 36.2 Å². The van der Waals surface area contributed by atoms with E-state index in [-0.39, 0.29) is 19.4 Å². The average molecular weight is 258 g/mol. The van der Waals surface area contributed by atoms with Crippen LogP contribution in [0.3, 0.4) is 0 Å². The molecule has 1 heterocycles. The number of imide groups is 1. The number of rotatable bonds is 4. The summed E-state index contributed by atoms with van der Waals surface area (Å²) in [6, 6.07) is -0.870. The number of nitrogens with two attached hydrogens (primary N) is 1. The van der Waals surface area contributed by atoms with E-state index in [0.29, 0.717) is 4.90 Å². The fourth-order valence-corrected chi connectivity index (χ4v) is 1.57. The molecule has 5 N–H and O–H groups in total. The quantitative estimate of drug-likeness (QED) is 0.242. The molecular formula is C9H14N4O5. The van der Waals surface area contributed by atoms with Crippen LogP contribution in [0.15, 0.2) is 0 Å². The van der Waals surface area contributed by atoms with Gasteiger partial charge in [0.1, 0.15) is 12.6 Å². The summed E-state index contributed by atoms with van der Waals surface area (Å²) in [4.78, 5) is 46.0. The Labute approximate surface area is 102 Å². The van der Waals surface area contributed by atoms with E-state index in [1.165, 1.54) is 5.48 Å². The lowest BCUT2D eigenvalue weighted by Gasteiger charge is -2.30. The zero-order valence-electron chi connectivity index (χ0n) is 9.51. The zero-order chi connectivity index (χ0) is 13.7. The second kappa shape index (κ2) is 6.07. The lowest BCUT2D eigenvalue weighted by atomic mass is 10.0. The van der Waals surface area contributed by atoms with Gasteiger partial charge in [0.25, 0.3) is 11.8 Å². The molecule has 18 heavy (non-hydrogen) atoms. The van der Waals surface area contributed by atoms with Gasteiger partial charge in [0, 0.05) is 6.42 Å². The summed E-state index contributed by atoms with van der Waals surface area (Å²) in [6.45, 7) is -0.849. The molecule has 0 aromatic rings. The van der Waals surface area contributed by atoms with E-state index in [0.717, 1.165) is 0 Å². The van der Waals surface area contributed by atoms with Crippen LogP contribution in [-0.2, 0) is 19.2 Å². The third-order valence-corrected chi connectivity index (χ3v) is 2.46. The fraction of sp³-hybridized carbons (Fsp3) is 0.556. The normalized spacial score (nSPS) is 19.7. The van der Waals surface area contributed by atoms with Crippen molar-refractivity contribution in [3.05, 3.63) is 0 Å². The summed E-state index contributed by atoms with van der Waals surface area (Å²) in [5, 5.41) is 10.7. The van der Waals surface area contributed by atoms with Crippen molar-refractivity contribution in [2.24, 2.45) is 5.73 Å². The molecule has 1 atom stereocenters. The Morgan fingerprint density at radius 3 is 2.61 bits per heavy atom. The standard InChI is InChI=1S/C9H14N4O5/c10-3-6(14)11-5-1-2-8(16)13(9(5)17)4-7(15)12-18/h5,18H,1-4,10H2,(H,11,14)(H,12,15)/t5-/m0/s1. The van der Waals surface area contributed by atoms with Crippen molar-refractivity contribution in [1.82, 2.24) is 15.7 Å². The highest BCUT2D eigenvalue weighted by molar-refractivity contribution is 6.04. The Balaban J connectivity index is 2.71. The van der Waals surface area contributed by atoms with E-state index in [1.54, 1.807) is 0 Å². The second-order valence-corrected chi connectivity index (χ2v) is 3.72. The smallest absolute Gasteiger partial charge is 0.263 e. The predicted octanol–water partition coefficient (Wildman–Crippen LogP) is -2.92. The number of hydrogen-bond acceptors (Lipinski definition) is 6. The summed E-state index contributed by atoms with van der Waals surface area (Å²) in [5.74, 6) is -2.62. The predicted molar refractivity (Wildman–Crippen MR) is 56.9 cm³/mol. The average Bonchev–Trinajstić information content (AvgIpc) is 2.37. The number of piperidine rings is 1. The number of amides is 4. The molecule has 4 amide bonds. The number of likely N-dealkylation sites (tertiary alicyclic amines) is 1. The van der Waals surface area contributed by atoms with Crippen LogP contribution < -0.4 is 16.5 Å². The molecule has 0 unspecified atom stereocenters. The van der Waals surface area contributed by atoms with Crippen molar-refractivity contribution >= 4 is 23.6 Å². The van der Waals surface area contributed by atoms with Crippen LogP contribution in [-0.4, -0.2) is 52.9 Å². The number of nitrogens with one attached hydrogen (secondary N) is 2. The first kappa shape index (κ1) is 14.1. The van der Waals surface area contributed by atoms with E-state index in [2.05, 4.69) is 5.32 Å². The van der Waals surface area contributed by atoms with E-state index in [9.17, 15) is 19.2 Å². The van der Waals surface area contributed by atoms with Crippen molar-refractivity contribution in [3.63, 3.8) is 0 Å². The lowest BCUT2D eigenvalue weighted by Crippen LogP contribution is -2.57. The van der Waals surface area contributed by atoms with Gasteiger partial charge in [-0.3, -0.25) is 29.3 Å². The minimum Gasteiger partial charge on any atom is -0.343 e. The molecule has 0 aromatic carbocycles. The number of hydrogen-bond donors (Lipinski definition) is 4. The lowest BCUT2D eigenvalue weighted by molar-refractivity contribution is -0.154. The van der Waals surface area contributed by atoms with Gasteiger partial charge in [-0.05, 0) is 6.42 Å². The van der Waals surface area contributed by atoms with Crippen molar-refractivity contribution < 1.29 is 24.4 Å². The van der Waals surface area contributed by atoms with Crippen LogP contribution in [0, 0.1) is 0 Å². The Morgan fingerprint density at radius 2 is 2.06 bits per heavy atom. The third kappa shape index (κ3) is 3.25. The minimum atomic E-state index is -0.887. The highest BCUT2D eigenvalue weighted by Gasteiger charge is 2.35. The number of nitrogens with zero attached hydrogens (tertiary/aromatic N) is 1. The van der Waals surface area contributed by atoms with Gasteiger partial charge < -0.3 is 11.1 Å². The summed E-state index contributed by atoms with van der Waals surface area (Å²) < 4.78 is 0. The second-order valence-electron chi connectivity index (χ2n) is 3.72. The van der Waals surface area contributed by atoms with Crippen molar-refractivity contribution in [3.8, 4) is 0 Å². The van der Waals surface area contributed by atoms with Gasteiger partial charge in [-0.2, -0.15) is 0 Å². The summed E-state index contributed by atoms with van der Waals surface area (Å²) in [7, 11) is 0. The maximum absolute atomic E-state index is 11.8. The molecule has 9 heteroatoms. The first-order valence-electron chi connectivity index (χ1n) is 5.26. The van der Waals surface area contributed by atoms with Crippen LogP contribution in [0.4, 0.5) is 0 Å². The Hall–Kier alpha value is -2.00. The molecule has 0 radical (unpaired) electrons. The molecule has 0 bridgehead atoms. The topological polar surface area (TPSA) is 142 Å². The number of hydroxylamine groups is 1. The molecule has 0 spiro atoms. The van der Waals surface area contributed by atoms with E-state index in [4.69, 9.17) is 10.9 Å². The molecule has 100 valence electrons. The van der Waals surface area contributed by atoms with Crippen LogP contribution in [0.1, 0.15) is 12.8 Å². The van der Waals surface area contributed by atoms with Gasteiger partial charge in [-0.1, -0.05) is 0 Å². The third-order valence-electron chi connectivity index (χ3n) is 2.46. The molecule has 1 fully saturated rings. The summed E-state index contributed by atoms with van der Waals surface area (Å²) >= 11 is 0. The molecule has 1 rings (SSSR count). The van der Waals surface area contributed by atoms with Crippen molar-refractivity contribution in [2.45, 2.75) is 18.9 Å². The molecule has 9 nitrogen and oxygen atoms in total. The maximum Gasteiger partial charge on any atom is 0.263 e. The van der Waals surface area contributed by atoms with Crippen LogP contribution >= 0.6 is 0 Å². The van der Waals surface area contributed by atoms with E-state index >= 15 is 0 Å². The first-order chi connectivity index (χ1) is 8.49. The Kier molecular flexibility index (Phi) is 4.75. The van der Waals surface area contributed by atoms with Gasteiger partial charge in [0.15, 0.2) is 0 Å². The zero-order valence-corrected chi connectivity index (χ0v) is 9.51. The Morgan fingerprint density at radius 1 is 1.39 bits per heavy atom. The monoisotopic (exact) mass is 258 g/mol. The number of carbonyl (C=O) groups excluding carboxylic acids is 4. The summed E-state index contributed by atoms with van der Waals surface area (Å²) in [6.07, 6.45) is 0.195. The first-order valence-corrected chi connectivity index (χ1v) is 5.26. The van der Waals surface area contributed by atoms with Gasteiger partial charge in [-0.25, -0.2) is 5.48 Å². The van der Waals surface area contributed by atoms with Crippen LogP contribution in [0.2, 0.25) is 0 Å². The molecule has 1 saturated heterocycles. The molecule has 1 aliphatic rings. The highest BCUT2D eigenvalue weighted by Crippen LogP contribution is 2.12. The molecule has 1 aliphatic heterocycles. The fourth-order valence-electron chi connectivity index (χ4n) is 1.57. The maximum atomic E-state index is 11.8. The van der Waals surface area contributed by atoms with E-state index in [1.807, 2.05) is 0 Å². The van der Waals surface area contributed by atoms with Gasteiger partial charge >= 0.3 is 0 Å².